The predicted octanol–water partition coefficient (Wildman–Crippen LogP) is 2.81. The third-order valence-electron chi connectivity index (χ3n) is 6.77. The van der Waals surface area contributed by atoms with E-state index in [1.807, 2.05) is 18.7 Å². The van der Waals surface area contributed by atoms with E-state index in [-0.39, 0.29) is 29.9 Å². The number of methoxy groups -OCH3 is 2. The van der Waals surface area contributed by atoms with E-state index in [2.05, 4.69) is 24.1 Å². The van der Waals surface area contributed by atoms with Crippen LogP contribution in [0.15, 0.2) is 18.2 Å². The Bertz CT molecular complexity index is 805. The van der Waals surface area contributed by atoms with E-state index in [1.54, 1.807) is 32.4 Å². The molecule has 1 N–H and O–H groups in total. The molecular weight excluding hydrogens is 434 g/mol. The van der Waals surface area contributed by atoms with E-state index in [4.69, 9.17) is 14.2 Å². The second-order valence-corrected chi connectivity index (χ2v) is 10.0. The summed E-state index contributed by atoms with van der Waals surface area (Å²) in [5.41, 5.74) is 0.405. The van der Waals surface area contributed by atoms with Gasteiger partial charge >= 0.3 is 0 Å². The number of ether oxygens (including phenoxy) is 3. The highest BCUT2D eigenvalue weighted by Crippen LogP contribution is 2.24. The van der Waals surface area contributed by atoms with Gasteiger partial charge in [-0.05, 0) is 50.7 Å². The second-order valence-electron chi connectivity index (χ2n) is 10.0. The van der Waals surface area contributed by atoms with Crippen molar-refractivity contribution in [2.75, 3.05) is 46.9 Å². The van der Waals surface area contributed by atoms with Crippen LogP contribution in [0.25, 0.3) is 0 Å². The Morgan fingerprint density at radius 1 is 1.03 bits per heavy atom. The van der Waals surface area contributed by atoms with Crippen molar-refractivity contribution in [3.63, 3.8) is 0 Å². The number of nitrogens with zero attached hydrogens (tertiary/aromatic N) is 2. The van der Waals surface area contributed by atoms with Gasteiger partial charge in [0.05, 0.1) is 26.4 Å². The lowest BCUT2D eigenvalue weighted by Gasteiger charge is -2.40. The maximum Gasteiger partial charge on any atom is 0.252 e. The van der Waals surface area contributed by atoms with Gasteiger partial charge in [-0.25, -0.2) is 0 Å². The number of benzene rings is 1. The molecule has 0 spiro atoms. The number of carbonyl (C=O) groups excluding carboxylic acids is 2. The summed E-state index contributed by atoms with van der Waals surface area (Å²) in [7, 11) is 3.08. The maximum atomic E-state index is 13.4. The van der Waals surface area contributed by atoms with Crippen molar-refractivity contribution in [2.45, 2.75) is 58.8 Å². The fourth-order valence-electron chi connectivity index (χ4n) is 5.01. The fourth-order valence-corrected chi connectivity index (χ4v) is 5.01. The van der Waals surface area contributed by atoms with Crippen LogP contribution in [0, 0.1) is 11.8 Å². The largest absolute Gasteiger partial charge is 0.497 e. The van der Waals surface area contributed by atoms with Crippen LogP contribution < -0.4 is 14.8 Å². The molecule has 0 aliphatic carbocycles. The normalized spacial score (nSPS) is 23.0. The summed E-state index contributed by atoms with van der Waals surface area (Å²) in [5, 5.41) is 2.96. The first kappa shape index (κ1) is 26.3. The quantitative estimate of drug-likeness (QED) is 0.623. The van der Waals surface area contributed by atoms with Gasteiger partial charge in [0.15, 0.2) is 0 Å². The molecule has 0 saturated carbocycles. The molecule has 3 atom stereocenters. The minimum Gasteiger partial charge on any atom is -0.497 e. The van der Waals surface area contributed by atoms with Crippen LogP contribution in [-0.4, -0.2) is 86.8 Å². The van der Waals surface area contributed by atoms with Crippen molar-refractivity contribution in [1.82, 2.24) is 15.1 Å². The SMILES string of the molecule is COc1cc(OC)cc(C(=O)NC(C(=O)N2CCC(CN3CC(C)OC(C)C3)CC2)C(C)C)c1. The average Bonchev–Trinajstić information content (AvgIpc) is 2.81. The van der Waals surface area contributed by atoms with E-state index in [0.717, 1.165) is 45.6 Å². The predicted molar refractivity (Wildman–Crippen MR) is 131 cm³/mol. The lowest BCUT2D eigenvalue weighted by Crippen LogP contribution is -2.54. The molecule has 8 heteroatoms. The third kappa shape index (κ3) is 6.85. The van der Waals surface area contributed by atoms with Gasteiger partial charge in [-0.2, -0.15) is 0 Å². The van der Waals surface area contributed by atoms with Crippen LogP contribution in [0.3, 0.4) is 0 Å². The summed E-state index contributed by atoms with van der Waals surface area (Å²) in [5.74, 6) is 1.29. The molecule has 190 valence electrons. The summed E-state index contributed by atoms with van der Waals surface area (Å²) < 4.78 is 16.4. The maximum absolute atomic E-state index is 13.4. The molecule has 2 aliphatic heterocycles. The first-order valence-corrected chi connectivity index (χ1v) is 12.4. The molecule has 2 amide bonds. The molecule has 2 heterocycles. The van der Waals surface area contributed by atoms with Gasteiger partial charge < -0.3 is 24.4 Å². The Balaban J connectivity index is 1.57. The van der Waals surface area contributed by atoms with Crippen LogP contribution in [0.5, 0.6) is 11.5 Å². The van der Waals surface area contributed by atoms with Crippen LogP contribution in [0.2, 0.25) is 0 Å². The standard InChI is InChI=1S/C26H41N3O5/c1-17(2)24(27-25(30)21-11-22(32-5)13-23(12-21)33-6)26(31)29-9-7-20(8-10-29)16-28-14-18(3)34-19(4)15-28/h11-13,17-20,24H,7-10,14-16H2,1-6H3,(H,27,30). The van der Waals surface area contributed by atoms with Crippen LogP contribution >= 0.6 is 0 Å². The van der Waals surface area contributed by atoms with Crippen molar-refractivity contribution in [3.8, 4) is 11.5 Å². The van der Waals surface area contributed by atoms with E-state index >= 15 is 0 Å². The smallest absolute Gasteiger partial charge is 0.252 e. The molecule has 1 aromatic rings. The highest BCUT2D eigenvalue weighted by molar-refractivity contribution is 5.98. The molecule has 3 unspecified atom stereocenters. The lowest BCUT2D eigenvalue weighted by atomic mass is 9.94. The zero-order valence-electron chi connectivity index (χ0n) is 21.5. The van der Waals surface area contributed by atoms with E-state index in [0.29, 0.717) is 23.0 Å². The molecule has 0 aromatic heterocycles. The van der Waals surface area contributed by atoms with Gasteiger partial charge in [0, 0.05) is 44.4 Å². The number of hydrogen-bond donors (Lipinski definition) is 1. The summed E-state index contributed by atoms with van der Waals surface area (Å²) in [6, 6.07) is 4.43. The number of amides is 2. The van der Waals surface area contributed by atoms with E-state index < -0.39 is 6.04 Å². The molecule has 8 nitrogen and oxygen atoms in total. The van der Waals surface area contributed by atoms with E-state index in [9.17, 15) is 9.59 Å². The number of nitrogens with one attached hydrogen (secondary N) is 1. The number of likely N-dealkylation sites (tertiary alicyclic amines) is 1. The Labute approximate surface area is 203 Å². The average molecular weight is 476 g/mol. The number of carbonyl (C=O) groups is 2. The number of piperidine rings is 1. The summed E-state index contributed by atoms with van der Waals surface area (Å²) in [4.78, 5) is 30.8. The lowest BCUT2D eigenvalue weighted by molar-refractivity contribution is -0.136. The second kappa shape index (κ2) is 11.9. The van der Waals surface area contributed by atoms with Crippen molar-refractivity contribution < 1.29 is 23.8 Å². The molecule has 0 bridgehead atoms. The van der Waals surface area contributed by atoms with Gasteiger partial charge in [0.2, 0.25) is 5.91 Å². The fraction of sp³-hybridized carbons (Fsp3) is 0.692. The van der Waals surface area contributed by atoms with Crippen LogP contribution in [0.1, 0.15) is 50.9 Å². The Kier molecular flexibility index (Phi) is 9.19. The first-order chi connectivity index (χ1) is 16.2. The van der Waals surface area contributed by atoms with Gasteiger partial charge in [0.25, 0.3) is 5.91 Å². The Morgan fingerprint density at radius 2 is 1.59 bits per heavy atom. The number of hydrogen-bond acceptors (Lipinski definition) is 6. The summed E-state index contributed by atoms with van der Waals surface area (Å²) >= 11 is 0. The highest BCUT2D eigenvalue weighted by Gasteiger charge is 2.33. The van der Waals surface area contributed by atoms with Gasteiger partial charge in [-0.1, -0.05) is 13.8 Å². The van der Waals surface area contributed by atoms with Crippen molar-refractivity contribution in [3.05, 3.63) is 23.8 Å². The number of rotatable bonds is 8. The first-order valence-electron chi connectivity index (χ1n) is 12.4. The minimum absolute atomic E-state index is 0.00900. The molecule has 1 aromatic carbocycles. The highest BCUT2D eigenvalue weighted by atomic mass is 16.5. The number of morpholine rings is 1. The van der Waals surface area contributed by atoms with Gasteiger partial charge in [0.1, 0.15) is 17.5 Å². The van der Waals surface area contributed by atoms with Crippen LogP contribution in [-0.2, 0) is 9.53 Å². The summed E-state index contributed by atoms with van der Waals surface area (Å²) in [6.45, 7) is 12.6. The minimum atomic E-state index is -0.581. The molecule has 2 fully saturated rings. The molecule has 3 rings (SSSR count). The Hall–Kier alpha value is -2.32. The molecule has 2 aliphatic rings. The topological polar surface area (TPSA) is 80.3 Å². The van der Waals surface area contributed by atoms with E-state index in [1.165, 1.54) is 0 Å². The van der Waals surface area contributed by atoms with Gasteiger partial charge in [-0.15, -0.1) is 0 Å². The molecular formula is C26H41N3O5. The zero-order chi connectivity index (χ0) is 24.8. The molecule has 34 heavy (non-hydrogen) atoms. The summed E-state index contributed by atoms with van der Waals surface area (Å²) in [6.07, 6.45) is 2.51. The van der Waals surface area contributed by atoms with Crippen molar-refractivity contribution in [2.24, 2.45) is 11.8 Å². The molecule has 0 radical (unpaired) electrons. The third-order valence-corrected chi connectivity index (χ3v) is 6.77. The van der Waals surface area contributed by atoms with Crippen molar-refractivity contribution in [1.29, 1.82) is 0 Å². The zero-order valence-corrected chi connectivity index (χ0v) is 21.5. The Morgan fingerprint density at radius 3 is 2.09 bits per heavy atom. The van der Waals surface area contributed by atoms with Crippen molar-refractivity contribution >= 4 is 11.8 Å². The molecule has 2 saturated heterocycles. The van der Waals surface area contributed by atoms with Crippen LogP contribution in [0.4, 0.5) is 0 Å². The van der Waals surface area contributed by atoms with Gasteiger partial charge in [-0.3, -0.25) is 14.5 Å². The monoisotopic (exact) mass is 475 g/mol.